The molecule has 1 saturated heterocycles. The number of benzene rings is 1. The van der Waals surface area contributed by atoms with Gasteiger partial charge in [-0.1, -0.05) is 23.4 Å². The molecule has 0 bridgehead atoms. The Morgan fingerprint density at radius 3 is 2.57 bits per heavy atom. The van der Waals surface area contributed by atoms with E-state index in [1.54, 1.807) is 24.3 Å². The van der Waals surface area contributed by atoms with Crippen molar-refractivity contribution in [2.24, 2.45) is 0 Å². The van der Waals surface area contributed by atoms with Crippen LogP contribution in [0.4, 0.5) is 0 Å². The highest BCUT2D eigenvalue weighted by molar-refractivity contribution is 8.14. The van der Waals surface area contributed by atoms with Crippen molar-refractivity contribution in [3.8, 4) is 5.69 Å². The lowest BCUT2D eigenvalue weighted by molar-refractivity contribution is -0.112. The topological polar surface area (TPSA) is 85.2 Å². The molecule has 6 nitrogen and oxygen atoms in total. The molecule has 1 aliphatic carbocycles. The molecule has 1 aliphatic heterocycles. The normalized spacial score (nSPS) is 18.8. The van der Waals surface area contributed by atoms with Gasteiger partial charge in [0.25, 0.3) is 11.5 Å². The van der Waals surface area contributed by atoms with Crippen LogP contribution in [0.15, 0.2) is 35.1 Å². The molecule has 0 unspecified atom stereocenters. The smallest absolute Gasteiger partial charge is 0.268 e. The largest absolute Gasteiger partial charge is 0.341 e. The highest BCUT2D eigenvalue weighted by atomic mass is 35.5. The van der Waals surface area contributed by atoms with Gasteiger partial charge in [0.2, 0.25) is 5.12 Å². The molecule has 28 heavy (non-hydrogen) atoms. The lowest BCUT2D eigenvalue weighted by Crippen LogP contribution is -2.41. The number of amides is 1. The molecule has 0 radical (unpaired) electrons. The molecule has 0 spiro atoms. The third kappa shape index (κ3) is 3.40. The van der Waals surface area contributed by atoms with Gasteiger partial charge in [-0.25, -0.2) is 0 Å². The third-order valence-corrected chi connectivity index (χ3v) is 6.25. The van der Waals surface area contributed by atoms with E-state index in [1.165, 1.54) is 22.4 Å². The summed E-state index contributed by atoms with van der Waals surface area (Å²) in [6.45, 7) is 0. The number of nitrogens with zero attached hydrogens (tertiary/aromatic N) is 1. The zero-order valence-electron chi connectivity index (χ0n) is 14.9. The molecule has 1 atom stereocenters. The van der Waals surface area contributed by atoms with E-state index >= 15 is 0 Å². The van der Waals surface area contributed by atoms with Gasteiger partial charge in [-0.15, -0.1) is 0 Å². The summed E-state index contributed by atoms with van der Waals surface area (Å²) in [5.74, 6) is -0.0817. The highest BCUT2D eigenvalue weighted by Gasteiger charge is 2.30. The Hall–Kier alpha value is -2.38. The number of Topliss-reactive ketones (excluding diaryl/α,β-unsaturated/α-hetero) is 1. The molecule has 1 amide bonds. The van der Waals surface area contributed by atoms with Crippen molar-refractivity contribution in [2.75, 3.05) is 5.75 Å². The first-order valence-corrected chi connectivity index (χ1v) is 10.4. The number of pyridine rings is 1. The molecule has 1 fully saturated rings. The van der Waals surface area contributed by atoms with E-state index in [-0.39, 0.29) is 16.5 Å². The Morgan fingerprint density at radius 1 is 1.14 bits per heavy atom. The van der Waals surface area contributed by atoms with Gasteiger partial charge in [-0.05, 0) is 49.6 Å². The number of carbonyl (C=O) groups excluding carboxylic acids is 3. The zero-order valence-corrected chi connectivity index (χ0v) is 16.4. The van der Waals surface area contributed by atoms with E-state index in [0.29, 0.717) is 53.4 Å². The van der Waals surface area contributed by atoms with Gasteiger partial charge in [-0.2, -0.15) is 0 Å². The molecule has 144 valence electrons. The summed E-state index contributed by atoms with van der Waals surface area (Å²) in [4.78, 5) is 50.3. The second-order valence-electron chi connectivity index (χ2n) is 6.79. The Bertz CT molecular complexity index is 1050. The van der Waals surface area contributed by atoms with Gasteiger partial charge in [0.05, 0.1) is 6.04 Å². The van der Waals surface area contributed by atoms with Crippen LogP contribution in [0, 0.1) is 0 Å². The average molecular weight is 417 g/mol. The zero-order chi connectivity index (χ0) is 19.8. The fourth-order valence-corrected chi connectivity index (χ4v) is 4.64. The Balaban J connectivity index is 1.84. The summed E-state index contributed by atoms with van der Waals surface area (Å²) in [5.41, 5.74) is 0.896. The Kier molecular flexibility index (Phi) is 5.12. The van der Waals surface area contributed by atoms with Crippen LogP contribution in [0.25, 0.3) is 5.69 Å². The van der Waals surface area contributed by atoms with Crippen molar-refractivity contribution >= 4 is 40.2 Å². The minimum atomic E-state index is -0.630. The van der Waals surface area contributed by atoms with Gasteiger partial charge >= 0.3 is 0 Å². The van der Waals surface area contributed by atoms with Gasteiger partial charge in [-0.3, -0.25) is 23.7 Å². The average Bonchev–Trinajstić information content (AvgIpc) is 3.07. The van der Waals surface area contributed by atoms with Crippen LogP contribution in [0.2, 0.25) is 5.02 Å². The number of hydrogen-bond donors (Lipinski definition) is 1. The number of ketones is 1. The maximum Gasteiger partial charge on any atom is 0.268 e. The van der Waals surface area contributed by atoms with Crippen molar-refractivity contribution in [1.29, 1.82) is 0 Å². The first-order valence-electron chi connectivity index (χ1n) is 9.01. The molecule has 2 aliphatic rings. The van der Waals surface area contributed by atoms with Gasteiger partial charge in [0.15, 0.2) is 5.78 Å². The fourth-order valence-electron chi connectivity index (χ4n) is 3.58. The van der Waals surface area contributed by atoms with E-state index in [9.17, 15) is 19.2 Å². The number of aromatic nitrogens is 1. The molecular formula is C20H17ClN2O4S. The van der Waals surface area contributed by atoms with Crippen LogP contribution < -0.4 is 10.9 Å². The van der Waals surface area contributed by atoms with E-state index in [0.717, 1.165) is 0 Å². The second-order valence-corrected chi connectivity index (χ2v) is 8.33. The van der Waals surface area contributed by atoms with Gasteiger partial charge in [0, 0.05) is 34.1 Å². The van der Waals surface area contributed by atoms with Crippen molar-refractivity contribution in [3.63, 3.8) is 0 Å². The number of nitrogens with one attached hydrogen (secondary N) is 1. The maximum absolute atomic E-state index is 13.2. The SMILES string of the molecule is O=C1CCCc2c1cc(C(=O)N[C@H]1CCSC1=O)c(=O)n2-c1ccc(Cl)cc1. The number of halogens is 1. The van der Waals surface area contributed by atoms with Crippen molar-refractivity contribution in [2.45, 2.75) is 31.7 Å². The summed E-state index contributed by atoms with van der Waals surface area (Å²) in [5, 5.41) is 3.05. The summed E-state index contributed by atoms with van der Waals surface area (Å²) < 4.78 is 1.42. The van der Waals surface area contributed by atoms with Crippen LogP contribution >= 0.6 is 23.4 Å². The Labute approximate surface area is 170 Å². The molecule has 1 aromatic carbocycles. The molecule has 8 heteroatoms. The summed E-state index contributed by atoms with van der Waals surface area (Å²) in [6.07, 6.45) is 2.13. The summed E-state index contributed by atoms with van der Waals surface area (Å²) in [7, 11) is 0. The predicted octanol–water partition coefficient (Wildman–Crippen LogP) is 2.77. The van der Waals surface area contributed by atoms with E-state index < -0.39 is 17.5 Å². The monoisotopic (exact) mass is 416 g/mol. The number of thioether (sulfide) groups is 1. The standard InChI is InChI=1S/C20H17ClN2O4S/c21-11-4-6-12(7-5-11)23-16-2-1-3-17(24)13(16)10-14(19(23)26)18(25)22-15-8-9-28-20(15)27/h4-7,10,15H,1-3,8-9H2,(H,22,25)/t15-/m0/s1. The van der Waals surface area contributed by atoms with E-state index in [1.807, 2.05) is 0 Å². The fraction of sp³-hybridized carbons (Fsp3) is 0.300. The van der Waals surface area contributed by atoms with E-state index in [4.69, 9.17) is 11.6 Å². The molecule has 2 heterocycles. The number of hydrogen-bond acceptors (Lipinski definition) is 5. The molecule has 1 N–H and O–H groups in total. The molecule has 4 rings (SSSR count). The highest BCUT2D eigenvalue weighted by Crippen LogP contribution is 2.25. The number of carbonyl (C=O) groups is 3. The predicted molar refractivity (Wildman–Crippen MR) is 108 cm³/mol. The maximum atomic E-state index is 13.2. The first kappa shape index (κ1) is 19.0. The lowest BCUT2D eigenvalue weighted by Gasteiger charge is -2.22. The van der Waals surface area contributed by atoms with Crippen LogP contribution in [-0.4, -0.2) is 33.2 Å². The second kappa shape index (κ2) is 7.56. The van der Waals surface area contributed by atoms with Crippen LogP contribution in [0.1, 0.15) is 45.7 Å². The molecule has 2 aromatic rings. The van der Waals surface area contributed by atoms with Gasteiger partial charge in [0.1, 0.15) is 5.56 Å². The van der Waals surface area contributed by atoms with Crippen molar-refractivity contribution in [1.82, 2.24) is 9.88 Å². The molecular weight excluding hydrogens is 400 g/mol. The summed E-state index contributed by atoms with van der Waals surface area (Å²) in [6, 6.07) is 7.45. The summed E-state index contributed by atoms with van der Waals surface area (Å²) >= 11 is 7.12. The third-order valence-electron chi connectivity index (χ3n) is 4.99. The number of rotatable bonds is 3. The minimum absolute atomic E-state index is 0.0921. The van der Waals surface area contributed by atoms with E-state index in [2.05, 4.69) is 5.32 Å². The van der Waals surface area contributed by atoms with Gasteiger partial charge < -0.3 is 5.32 Å². The lowest BCUT2D eigenvalue weighted by atomic mass is 9.92. The minimum Gasteiger partial charge on any atom is -0.341 e. The quantitative estimate of drug-likeness (QED) is 0.831. The van der Waals surface area contributed by atoms with Crippen molar-refractivity contribution in [3.05, 3.63) is 62.5 Å². The Morgan fingerprint density at radius 2 is 1.89 bits per heavy atom. The number of fused-ring (bicyclic) bond motifs is 1. The molecule has 0 saturated carbocycles. The van der Waals surface area contributed by atoms with Crippen molar-refractivity contribution < 1.29 is 14.4 Å². The van der Waals surface area contributed by atoms with Crippen LogP contribution in [0.3, 0.4) is 0 Å². The van der Waals surface area contributed by atoms with Crippen LogP contribution in [-0.2, 0) is 11.2 Å². The van der Waals surface area contributed by atoms with Crippen LogP contribution in [0.5, 0.6) is 0 Å². The molecule has 1 aromatic heterocycles. The first-order chi connectivity index (χ1) is 13.5.